The molecular weight excluding hydrogens is 206 g/mol. The fourth-order valence-corrected chi connectivity index (χ4v) is 1.29. The monoisotopic (exact) mass is 225 g/mol. The van der Waals surface area contributed by atoms with Crippen molar-refractivity contribution in [3.8, 4) is 0 Å². The highest BCUT2D eigenvalue weighted by atomic mass is 16.5. The largest absolute Gasteiger partial charge is 0.380 e. The molecule has 0 saturated carbocycles. The topological polar surface area (TPSA) is 56.1 Å². The van der Waals surface area contributed by atoms with Gasteiger partial charge in [0.15, 0.2) is 0 Å². The molecule has 0 unspecified atom stereocenters. The molecule has 0 aliphatic heterocycles. The maximum absolute atomic E-state index is 11.5. The summed E-state index contributed by atoms with van der Waals surface area (Å²) in [6, 6.07) is 1.59. The van der Waals surface area contributed by atoms with Gasteiger partial charge in [-0.25, -0.2) is 4.68 Å². The van der Waals surface area contributed by atoms with E-state index in [4.69, 9.17) is 4.74 Å². The molecule has 0 aliphatic carbocycles. The number of hydrogen-bond acceptors (Lipinski definition) is 4. The van der Waals surface area contributed by atoms with Crippen molar-refractivity contribution < 1.29 is 4.74 Å². The molecule has 0 radical (unpaired) electrons. The Balaban J connectivity index is 2.24. The summed E-state index contributed by atoms with van der Waals surface area (Å²) in [7, 11) is 0. The van der Waals surface area contributed by atoms with E-state index in [0.717, 1.165) is 25.3 Å². The zero-order valence-electron chi connectivity index (χ0n) is 9.90. The van der Waals surface area contributed by atoms with Gasteiger partial charge in [0, 0.05) is 25.8 Å². The van der Waals surface area contributed by atoms with E-state index in [0.29, 0.717) is 13.2 Å². The van der Waals surface area contributed by atoms with E-state index >= 15 is 0 Å². The summed E-state index contributed by atoms with van der Waals surface area (Å²) < 4.78 is 6.64. The molecule has 1 aromatic heterocycles. The van der Waals surface area contributed by atoms with Crippen LogP contribution < -0.4 is 10.9 Å². The highest BCUT2D eigenvalue weighted by Crippen LogP contribution is 1.85. The fourth-order valence-electron chi connectivity index (χ4n) is 1.29. The van der Waals surface area contributed by atoms with Crippen LogP contribution in [-0.4, -0.2) is 36.1 Å². The van der Waals surface area contributed by atoms with Gasteiger partial charge in [0.25, 0.3) is 5.56 Å². The fraction of sp³-hybridized carbons (Fsp3) is 0.636. The molecule has 0 saturated heterocycles. The second-order valence-corrected chi connectivity index (χ2v) is 3.54. The Kier molecular flexibility index (Phi) is 5.74. The number of ether oxygens (including phenoxy) is 1. The normalized spacial score (nSPS) is 10.6. The van der Waals surface area contributed by atoms with Crippen molar-refractivity contribution in [2.75, 3.05) is 26.3 Å². The molecule has 0 amide bonds. The summed E-state index contributed by atoms with van der Waals surface area (Å²) in [5.74, 6) is 0. The SMILES string of the molecule is CCOCCNCCn1ncc(C)cc1=O. The first-order chi connectivity index (χ1) is 7.74. The maximum atomic E-state index is 11.5. The van der Waals surface area contributed by atoms with Gasteiger partial charge in [0.05, 0.1) is 19.3 Å². The zero-order chi connectivity index (χ0) is 11.8. The van der Waals surface area contributed by atoms with Crippen molar-refractivity contribution in [3.63, 3.8) is 0 Å². The molecule has 0 fully saturated rings. The van der Waals surface area contributed by atoms with E-state index in [-0.39, 0.29) is 5.56 Å². The number of hydrogen-bond donors (Lipinski definition) is 1. The molecule has 0 spiro atoms. The van der Waals surface area contributed by atoms with Crippen LogP contribution in [0, 0.1) is 6.92 Å². The van der Waals surface area contributed by atoms with Crippen LogP contribution in [0.15, 0.2) is 17.1 Å². The van der Waals surface area contributed by atoms with Crippen LogP contribution >= 0.6 is 0 Å². The van der Waals surface area contributed by atoms with E-state index in [1.165, 1.54) is 4.68 Å². The number of nitrogens with zero attached hydrogens (tertiary/aromatic N) is 2. The third-order valence-corrected chi connectivity index (χ3v) is 2.13. The first kappa shape index (κ1) is 12.9. The molecule has 90 valence electrons. The molecule has 0 bridgehead atoms. The van der Waals surface area contributed by atoms with Gasteiger partial charge in [0.2, 0.25) is 0 Å². The average molecular weight is 225 g/mol. The van der Waals surface area contributed by atoms with E-state index in [9.17, 15) is 4.79 Å². The lowest BCUT2D eigenvalue weighted by molar-refractivity contribution is 0.149. The molecule has 5 heteroatoms. The zero-order valence-corrected chi connectivity index (χ0v) is 9.90. The third-order valence-electron chi connectivity index (χ3n) is 2.13. The van der Waals surface area contributed by atoms with Gasteiger partial charge >= 0.3 is 0 Å². The van der Waals surface area contributed by atoms with Crippen molar-refractivity contribution in [2.45, 2.75) is 20.4 Å². The van der Waals surface area contributed by atoms with Gasteiger partial charge in [-0.3, -0.25) is 4.79 Å². The lowest BCUT2D eigenvalue weighted by Crippen LogP contribution is -2.30. The highest BCUT2D eigenvalue weighted by molar-refractivity contribution is 5.02. The summed E-state index contributed by atoms with van der Waals surface area (Å²) in [6.45, 7) is 7.38. The van der Waals surface area contributed by atoms with Gasteiger partial charge in [-0.05, 0) is 19.4 Å². The minimum atomic E-state index is -0.0494. The first-order valence-corrected chi connectivity index (χ1v) is 5.56. The Morgan fingerprint density at radius 3 is 3.00 bits per heavy atom. The molecule has 16 heavy (non-hydrogen) atoms. The van der Waals surface area contributed by atoms with Gasteiger partial charge < -0.3 is 10.1 Å². The number of aryl methyl sites for hydroxylation is 1. The Bertz CT molecular complexity index is 362. The molecule has 5 nitrogen and oxygen atoms in total. The summed E-state index contributed by atoms with van der Waals surface area (Å²) in [5.41, 5.74) is 0.845. The van der Waals surface area contributed by atoms with Crippen molar-refractivity contribution in [1.29, 1.82) is 0 Å². The Morgan fingerprint density at radius 2 is 2.31 bits per heavy atom. The molecular formula is C11H19N3O2. The second kappa shape index (κ2) is 7.14. The minimum absolute atomic E-state index is 0.0494. The van der Waals surface area contributed by atoms with Crippen molar-refractivity contribution in [3.05, 3.63) is 28.2 Å². The molecule has 0 aliphatic rings. The number of nitrogens with one attached hydrogen (secondary N) is 1. The van der Waals surface area contributed by atoms with Crippen molar-refractivity contribution >= 4 is 0 Å². The van der Waals surface area contributed by atoms with E-state index in [1.54, 1.807) is 12.3 Å². The molecule has 1 aromatic rings. The minimum Gasteiger partial charge on any atom is -0.380 e. The van der Waals surface area contributed by atoms with Crippen LogP contribution in [0.4, 0.5) is 0 Å². The summed E-state index contributed by atoms with van der Waals surface area (Å²) in [4.78, 5) is 11.5. The highest BCUT2D eigenvalue weighted by Gasteiger charge is 1.96. The standard InChI is InChI=1S/C11H19N3O2/c1-3-16-7-5-12-4-6-14-11(15)8-10(2)9-13-14/h8-9,12H,3-7H2,1-2H3. The van der Waals surface area contributed by atoms with Gasteiger partial charge in [-0.15, -0.1) is 0 Å². The predicted octanol–water partition coefficient (Wildman–Crippen LogP) is 0.178. The third kappa shape index (κ3) is 4.55. The summed E-state index contributed by atoms with van der Waals surface area (Å²) in [6.07, 6.45) is 1.70. The van der Waals surface area contributed by atoms with Gasteiger partial charge in [0.1, 0.15) is 0 Å². The Hall–Kier alpha value is -1.20. The molecule has 1 heterocycles. The smallest absolute Gasteiger partial charge is 0.267 e. The molecule has 0 atom stereocenters. The lowest BCUT2D eigenvalue weighted by Gasteiger charge is -2.06. The van der Waals surface area contributed by atoms with Crippen molar-refractivity contribution in [1.82, 2.24) is 15.1 Å². The van der Waals surface area contributed by atoms with Crippen LogP contribution in [0.1, 0.15) is 12.5 Å². The van der Waals surface area contributed by atoms with Gasteiger partial charge in [-0.1, -0.05) is 0 Å². The maximum Gasteiger partial charge on any atom is 0.267 e. The predicted molar refractivity (Wildman–Crippen MR) is 62.6 cm³/mol. The summed E-state index contributed by atoms with van der Waals surface area (Å²) >= 11 is 0. The van der Waals surface area contributed by atoms with Crippen LogP contribution in [0.5, 0.6) is 0 Å². The first-order valence-electron chi connectivity index (χ1n) is 5.56. The molecule has 1 N–H and O–H groups in total. The van der Waals surface area contributed by atoms with E-state index in [2.05, 4.69) is 10.4 Å². The quantitative estimate of drug-likeness (QED) is 0.672. The van der Waals surface area contributed by atoms with Crippen LogP contribution in [-0.2, 0) is 11.3 Å². The molecule has 1 rings (SSSR count). The lowest BCUT2D eigenvalue weighted by atomic mass is 10.3. The number of rotatable bonds is 7. The van der Waals surface area contributed by atoms with E-state index in [1.807, 2.05) is 13.8 Å². The second-order valence-electron chi connectivity index (χ2n) is 3.54. The Labute approximate surface area is 95.4 Å². The average Bonchev–Trinajstić information content (AvgIpc) is 2.26. The van der Waals surface area contributed by atoms with Gasteiger partial charge in [-0.2, -0.15) is 5.10 Å². The van der Waals surface area contributed by atoms with E-state index < -0.39 is 0 Å². The molecule has 0 aromatic carbocycles. The Morgan fingerprint density at radius 1 is 1.50 bits per heavy atom. The van der Waals surface area contributed by atoms with Crippen LogP contribution in [0.25, 0.3) is 0 Å². The summed E-state index contributed by atoms with van der Waals surface area (Å²) in [5, 5.41) is 7.23. The van der Waals surface area contributed by atoms with Crippen LogP contribution in [0.2, 0.25) is 0 Å². The number of aromatic nitrogens is 2. The van der Waals surface area contributed by atoms with Crippen molar-refractivity contribution in [2.24, 2.45) is 0 Å². The van der Waals surface area contributed by atoms with Crippen LogP contribution in [0.3, 0.4) is 0 Å².